The van der Waals surface area contributed by atoms with Crippen molar-refractivity contribution in [1.82, 2.24) is 5.32 Å². The highest BCUT2D eigenvalue weighted by molar-refractivity contribution is 5.68. The summed E-state index contributed by atoms with van der Waals surface area (Å²) >= 11 is 0. The van der Waals surface area contributed by atoms with E-state index in [1.54, 1.807) is 0 Å². The molecule has 0 amide bonds. The largest absolute Gasteiger partial charge is 0.418 e. The van der Waals surface area contributed by atoms with E-state index in [1.165, 1.54) is 6.07 Å². The summed E-state index contributed by atoms with van der Waals surface area (Å²) in [5.41, 5.74) is 1.70. The lowest BCUT2D eigenvalue weighted by molar-refractivity contribution is -0.137. The number of hydrogen-bond donors (Lipinski definition) is 1. The molecule has 3 rings (SSSR count). The average molecular weight is 326 g/mol. The number of likely N-dealkylation sites (N-methyl/N-ethyl adjacent to an activating group) is 1. The second-order valence-corrected chi connectivity index (χ2v) is 6.81. The highest BCUT2D eigenvalue weighted by Crippen LogP contribution is 2.49. The first-order chi connectivity index (χ1) is 10.9. The predicted molar refractivity (Wildman–Crippen MR) is 87.1 cm³/mol. The number of rotatable bonds is 4. The lowest BCUT2D eigenvalue weighted by Gasteiger charge is -2.31. The molecule has 1 aromatic carbocycles. The zero-order valence-corrected chi connectivity index (χ0v) is 13.8. The van der Waals surface area contributed by atoms with Crippen molar-refractivity contribution in [2.75, 3.05) is 25.0 Å². The van der Waals surface area contributed by atoms with Crippen LogP contribution in [0.3, 0.4) is 0 Å². The molecule has 0 spiro atoms. The SMILES string of the molecule is CCCCCc1cc2c(c(C(F)(F)F)c1)N(C)[C@H]1CCNC[C@@H]21. The van der Waals surface area contributed by atoms with Gasteiger partial charge >= 0.3 is 6.18 Å². The first kappa shape index (κ1) is 16.6. The summed E-state index contributed by atoms with van der Waals surface area (Å²) in [6.45, 7) is 3.76. The third-order valence-electron chi connectivity index (χ3n) is 5.27. The van der Waals surface area contributed by atoms with Gasteiger partial charge in [0.25, 0.3) is 0 Å². The maximum Gasteiger partial charge on any atom is 0.418 e. The third kappa shape index (κ3) is 3.08. The molecule has 0 aliphatic carbocycles. The second-order valence-electron chi connectivity index (χ2n) is 6.81. The molecule has 1 N–H and O–H groups in total. The van der Waals surface area contributed by atoms with Crippen molar-refractivity contribution in [1.29, 1.82) is 0 Å². The Morgan fingerprint density at radius 3 is 2.74 bits per heavy atom. The van der Waals surface area contributed by atoms with Gasteiger partial charge in [0.1, 0.15) is 0 Å². The molecule has 1 saturated heterocycles. The molecule has 2 aliphatic rings. The standard InChI is InChI=1S/C18H25F3N2/c1-3-4-5-6-12-9-13-14-11-22-8-7-16(14)23(2)17(13)15(10-12)18(19,20)21/h9-10,14,16,22H,3-8,11H2,1-2H3/t14-,16-/m0/s1. The maximum atomic E-state index is 13.6. The van der Waals surface area contributed by atoms with Crippen LogP contribution < -0.4 is 10.2 Å². The minimum absolute atomic E-state index is 0.177. The fourth-order valence-corrected chi connectivity index (χ4v) is 4.13. The van der Waals surface area contributed by atoms with E-state index in [1.807, 2.05) is 18.0 Å². The first-order valence-corrected chi connectivity index (χ1v) is 8.61. The van der Waals surface area contributed by atoms with E-state index in [4.69, 9.17) is 0 Å². The van der Waals surface area contributed by atoms with Crippen LogP contribution in [0, 0.1) is 0 Å². The molecule has 5 heteroatoms. The van der Waals surface area contributed by atoms with Gasteiger partial charge < -0.3 is 10.2 Å². The first-order valence-electron chi connectivity index (χ1n) is 8.61. The van der Waals surface area contributed by atoms with Crippen LogP contribution in [0.2, 0.25) is 0 Å². The molecule has 1 aromatic rings. The number of aryl methyl sites for hydroxylation is 1. The molecule has 128 valence electrons. The lowest BCUT2D eigenvalue weighted by atomic mass is 9.88. The molecular weight excluding hydrogens is 301 g/mol. The number of nitrogens with one attached hydrogen (secondary N) is 1. The van der Waals surface area contributed by atoms with E-state index in [0.717, 1.165) is 56.3 Å². The summed E-state index contributed by atoms with van der Waals surface area (Å²) in [6.07, 6.45) is 0.437. The van der Waals surface area contributed by atoms with Gasteiger partial charge in [0.2, 0.25) is 0 Å². The quantitative estimate of drug-likeness (QED) is 0.828. The van der Waals surface area contributed by atoms with Gasteiger partial charge in [0, 0.05) is 25.6 Å². The minimum Gasteiger partial charge on any atom is -0.370 e. The van der Waals surface area contributed by atoms with E-state index in [-0.39, 0.29) is 12.0 Å². The molecule has 1 fully saturated rings. The van der Waals surface area contributed by atoms with Crippen LogP contribution in [0.5, 0.6) is 0 Å². The molecule has 0 saturated carbocycles. The number of piperidine rings is 1. The van der Waals surface area contributed by atoms with Crippen molar-refractivity contribution in [2.24, 2.45) is 0 Å². The van der Waals surface area contributed by atoms with Crippen LogP contribution >= 0.6 is 0 Å². The number of alkyl halides is 3. The monoisotopic (exact) mass is 326 g/mol. The van der Waals surface area contributed by atoms with Crippen LogP contribution in [0.15, 0.2) is 12.1 Å². The summed E-state index contributed by atoms with van der Waals surface area (Å²) in [6, 6.07) is 3.61. The van der Waals surface area contributed by atoms with Gasteiger partial charge in [0.05, 0.1) is 11.3 Å². The zero-order valence-electron chi connectivity index (χ0n) is 13.8. The minimum atomic E-state index is -4.29. The molecule has 2 nitrogen and oxygen atoms in total. The molecule has 23 heavy (non-hydrogen) atoms. The zero-order chi connectivity index (χ0) is 16.6. The summed E-state index contributed by atoms with van der Waals surface area (Å²) in [4.78, 5) is 1.87. The van der Waals surface area contributed by atoms with E-state index in [9.17, 15) is 13.2 Å². The fraction of sp³-hybridized carbons (Fsp3) is 0.667. The second kappa shape index (κ2) is 6.34. The summed E-state index contributed by atoms with van der Waals surface area (Å²) in [7, 11) is 1.82. The Morgan fingerprint density at radius 1 is 1.26 bits per heavy atom. The molecular formula is C18H25F3N2. The van der Waals surface area contributed by atoms with Gasteiger partial charge in [-0.2, -0.15) is 13.2 Å². The average Bonchev–Trinajstić information content (AvgIpc) is 2.80. The smallest absolute Gasteiger partial charge is 0.370 e. The Bertz CT molecular complexity index is 568. The summed E-state index contributed by atoms with van der Waals surface area (Å²) in [5.74, 6) is 0.177. The van der Waals surface area contributed by atoms with E-state index in [2.05, 4.69) is 12.2 Å². The number of nitrogens with zero attached hydrogens (tertiary/aromatic N) is 1. The number of fused-ring (bicyclic) bond motifs is 3. The summed E-state index contributed by atoms with van der Waals surface area (Å²) in [5, 5.41) is 3.34. The highest BCUT2D eigenvalue weighted by Gasteiger charge is 2.44. The van der Waals surface area contributed by atoms with Crippen molar-refractivity contribution in [3.63, 3.8) is 0 Å². The number of halogens is 3. The van der Waals surface area contributed by atoms with Crippen molar-refractivity contribution >= 4 is 5.69 Å². The highest BCUT2D eigenvalue weighted by atomic mass is 19.4. The molecule has 0 aromatic heterocycles. The molecule has 2 atom stereocenters. The molecule has 2 aliphatic heterocycles. The normalized spacial score (nSPS) is 23.8. The maximum absolute atomic E-state index is 13.6. The van der Waals surface area contributed by atoms with Crippen LogP contribution in [0.1, 0.15) is 55.2 Å². The van der Waals surface area contributed by atoms with Crippen LogP contribution in [-0.4, -0.2) is 26.2 Å². The van der Waals surface area contributed by atoms with Gasteiger partial charge in [0.15, 0.2) is 0 Å². The van der Waals surface area contributed by atoms with E-state index >= 15 is 0 Å². The number of benzene rings is 1. The molecule has 2 heterocycles. The van der Waals surface area contributed by atoms with E-state index < -0.39 is 11.7 Å². The van der Waals surface area contributed by atoms with Crippen molar-refractivity contribution in [2.45, 2.75) is 57.2 Å². The Morgan fingerprint density at radius 2 is 2.04 bits per heavy atom. The Hall–Kier alpha value is -1.23. The number of unbranched alkanes of at least 4 members (excludes halogenated alkanes) is 2. The molecule has 0 bridgehead atoms. The Balaban J connectivity index is 2.02. The van der Waals surface area contributed by atoms with Crippen molar-refractivity contribution in [3.05, 3.63) is 28.8 Å². The fourth-order valence-electron chi connectivity index (χ4n) is 4.13. The van der Waals surface area contributed by atoms with Crippen LogP contribution in [0.4, 0.5) is 18.9 Å². The van der Waals surface area contributed by atoms with E-state index in [0.29, 0.717) is 5.69 Å². The van der Waals surface area contributed by atoms with Crippen LogP contribution in [0.25, 0.3) is 0 Å². The van der Waals surface area contributed by atoms with Crippen LogP contribution in [-0.2, 0) is 12.6 Å². The van der Waals surface area contributed by atoms with Crippen molar-refractivity contribution < 1.29 is 13.2 Å². The Kier molecular flexibility index (Phi) is 4.59. The van der Waals surface area contributed by atoms with Gasteiger partial charge in [-0.3, -0.25) is 0 Å². The lowest BCUT2D eigenvalue weighted by Crippen LogP contribution is -2.42. The van der Waals surface area contributed by atoms with Gasteiger partial charge in [-0.25, -0.2) is 0 Å². The van der Waals surface area contributed by atoms with Gasteiger partial charge in [-0.05, 0) is 43.0 Å². The van der Waals surface area contributed by atoms with Gasteiger partial charge in [-0.15, -0.1) is 0 Å². The molecule has 0 radical (unpaired) electrons. The molecule has 0 unspecified atom stereocenters. The third-order valence-corrected chi connectivity index (χ3v) is 5.27. The topological polar surface area (TPSA) is 15.3 Å². The predicted octanol–water partition coefficient (Wildman–Crippen LogP) is 4.33. The van der Waals surface area contributed by atoms with Gasteiger partial charge in [-0.1, -0.05) is 25.8 Å². The number of anilines is 1. The summed E-state index contributed by atoms with van der Waals surface area (Å²) < 4.78 is 40.9. The number of hydrogen-bond acceptors (Lipinski definition) is 2. The Labute approximate surface area is 136 Å². The van der Waals surface area contributed by atoms with Crippen molar-refractivity contribution in [3.8, 4) is 0 Å².